The molecular formula is C22H17ClN2O2. The van der Waals surface area contributed by atoms with E-state index in [1.54, 1.807) is 12.1 Å². The Kier molecular flexibility index (Phi) is 4.42. The smallest absolute Gasteiger partial charge is 0.256 e. The van der Waals surface area contributed by atoms with Crippen LogP contribution in [0.3, 0.4) is 0 Å². The maximum absolute atomic E-state index is 13.0. The number of carbonyl (C=O) groups is 1. The Morgan fingerprint density at radius 1 is 1.04 bits per heavy atom. The van der Waals surface area contributed by atoms with Crippen LogP contribution in [-0.2, 0) is 0 Å². The molecule has 1 amide bonds. The van der Waals surface area contributed by atoms with Crippen LogP contribution >= 0.6 is 11.6 Å². The third-order valence-corrected chi connectivity index (χ3v) is 4.64. The largest absolute Gasteiger partial charge is 0.460 e. The molecule has 0 aliphatic heterocycles. The summed E-state index contributed by atoms with van der Waals surface area (Å²) in [4.78, 5) is 17.7. The molecule has 4 rings (SSSR count). The van der Waals surface area contributed by atoms with Gasteiger partial charge < -0.3 is 9.73 Å². The molecule has 134 valence electrons. The summed E-state index contributed by atoms with van der Waals surface area (Å²) in [7, 11) is 0. The normalized spacial score (nSPS) is 10.9. The summed E-state index contributed by atoms with van der Waals surface area (Å²) in [6.45, 7) is 3.82. The highest BCUT2D eigenvalue weighted by molar-refractivity contribution is 6.34. The van der Waals surface area contributed by atoms with Gasteiger partial charge in [0.15, 0.2) is 5.76 Å². The number of anilines is 1. The van der Waals surface area contributed by atoms with Crippen LogP contribution in [0.25, 0.3) is 22.4 Å². The van der Waals surface area contributed by atoms with Crippen LogP contribution in [0.4, 0.5) is 5.69 Å². The summed E-state index contributed by atoms with van der Waals surface area (Å²) in [5, 5.41) is 4.17. The Bertz CT molecular complexity index is 1160. The molecule has 4 aromatic rings. The van der Waals surface area contributed by atoms with E-state index in [2.05, 4.69) is 10.3 Å². The number of furan rings is 1. The van der Waals surface area contributed by atoms with E-state index < -0.39 is 0 Å². The summed E-state index contributed by atoms with van der Waals surface area (Å²) in [5.41, 5.74) is 3.46. The molecule has 0 radical (unpaired) electrons. The van der Waals surface area contributed by atoms with Gasteiger partial charge in [-0.2, -0.15) is 0 Å². The van der Waals surface area contributed by atoms with Gasteiger partial charge in [0.05, 0.1) is 21.8 Å². The molecule has 0 fully saturated rings. The second-order valence-corrected chi connectivity index (χ2v) is 6.83. The number of nitrogens with one attached hydrogen (secondary N) is 1. The first kappa shape index (κ1) is 17.3. The first-order chi connectivity index (χ1) is 13.0. The number of carbonyl (C=O) groups excluding carboxylic acids is 1. The Hall–Kier alpha value is -3.11. The van der Waals surface area contributed by atoms with Gasteiger partial charge in [0.1, 0.15) is 11.5 Å². The zero-order valence-corrected chi connectivity index (χ0v) is 15.7. The number of halogens is 1. The number of nitrogens with zero attached hydrogens (tertiary/aromatic N) is 1. The predicted octanol–water partition coefficient (Wildman–Crippen LogP) is 6.02. The maximum Gasteiger partial charge on any atom is 0.256 e. The summed E-state index contributed by atoms with van der Waals surface area (Å²) < 4.78 is 5.69. The quantitative estimate of drug-likeness (QED) is 0.475. The lowest BCUT2D eigenvalue weighted by molar-refractivity contribution is 0.102. The van der Waals surface area contributed by atoms with Gasteiger partial charge in [0, 0.05) is 5.39 Å². The van der Waals surface area contributed by atoms with Crippen molar-refractivity contribution in [1.29, 1.82) is 0 Å². The first-order valence-corrected chi connectivity index (χ1v) is 8.93. The van der Waals surface area contributed by atoms with Crippen molar-refractivity contribution < 1.29 is 9.21 Å². The van der Waals surface area contributed by atoms with Crippen LogP contribution in [0.15, 0.2) is 65.1 Å². The summed E-state index contributed by atoms with van der Waals surface area (Å²) in [6, 6.07) is 18.5. The Balaban J connectivity index is 1.80. The van der Waals surface area contributed by atoms with Gasteiger partial charge in [-0.3, -0.25) is 4.79 Å². The highest BCUT2D eigenvalue weighted by atomic mass is 35.5. The lowest BCUT2D eigenvalue weighted by atomic mass is 10.1. The fraction of sp³-hybridized carbons (Fsp3) is 0.0909. The van der Waals surface area contributed by atoms with Gasteiger partial charge in [0.2, 0.25) is 0 Å². The molecule has 0 saturated carbocycles. The van der Waals surface area contributed by atoms with Crippen LogP contribution in [0, 0.1) is 13.8 Å². The van der Waals surface area contributed by atoms with E-state index in [4.69, 9.17) is 16.0 Å². The van der Waals surface area contributed by atoms with Crippen molar-refractivity contribution in [1.82, 2.24) is 4.98 Å². The average Bonchev–Trinajstić information content (AvgIpc) is 3.09. The standard InChI is InChI=1S/C22H17ClN2O2/c1-13-7-9-19(17(23)11-13)25-22(26)16-12-20(21-10-8-14(2)27-21)24-18-6-4-3-5-15(16)18/h3-12H,1-2H3,(H,25,26). The van der Waals surface area contributed by atoms with Gasteiger partial charge in [-0.25, -0.2) is 4.98 Å². The third kappa shape index (κ3) is 3.44. The molecule has 27 heavy (non-hydrogen) atoms. The number of aryl methyl sites for hydroxylation is 2. The Morgan fingerprint density at radius 3 is 2.59 bits per heavy atom. The van der Waals surface area contributed by atoms with E-state index >= 15 is 0 Å². The Morgan fingerprint density at radius 2 is 1.85 bits per heavy atom. The molecular weight excluding hydrogens is 360 g/mol. The molecule has 0 unspecified atom stereocenters. The van der Waals surface area contributed by atoms with E-state index in [1.165, 1.54) is 0 Å². The van der Waals surface area contributed by atoms with E-state index in [-0.39, 0.29) is 5.91 Å². The second-order valence-electron chi connectivity index (χ2n) is 6.42. The molecule has 0 bridgehead atoms. The van der Waals surface area contributed by atoms with Crippen molar-refractivity contribution in [3.8, 4) is 11.5 Å². The van der Waals surface area contributed by atoms with Crippen LogP contribution < -0.4 is 5.32 Å². The zero-order valence-electron chi connectivity index (χ0n) is 14.9. The molecule has 0 spiro atoms. The molecule has 1 N–H and O–H groups in total. The lowest BCUT2D eigenvalue weighted by Gasteiger charge is -2.11. The number of hydrogen-bond donors (Lipinski definition) is 1. The minimum absolute atomic E-state index is 0.246. The topological polar surface area (TPSA) is 55.1 Å². The number of fused-ring (bicyclic) bond motifs is 1. The number of pyridine rings is 1. The first-order valence-electron chi connectivity index (χ1n) is 8.55. The summed E-state index contributed by atoms with van der Waals surface area (Å²) >= 11 is 6.27. The molecule has 2 aromatic carbocycles. The molecule has 2 heterocycles. The fourth-order valence-corrected chi connectivity index (χ4v) is 3.26. The minimum Gasteiger partial charge on any atom is -0.460 e. The molecule has 0 saturated heterocycles. The van der Waals surface area contributed by atoms with Crippen LogP contribution in [-0.4, -0.2) is 10.9 Å². The second kappa shape index (κ2) is 6.89. The number of aromatic nitrogens is 1. The highest BCUT2D eigenvalue weighted by Crippen LogP contribution is 2.28. The van der Waals surface area contributed by atoms with Gasteiger partial charge in [0.25, 0.3) is 5.91 Å². The van der Waals surface area contributed by atoms with Crippen LogP contribution in [0.1, 0.15) is 21.7 Å². The number of para-hydroxylation sites is 1. The van der Waals surface area contributed by atoms with Crippen molar-refractivity contribution in [2.24, 2.45) is 0 Å². The van der Waals surface area contributed by atoms with Crippen molar-refractivity contribution in [2.75, 3.05) is 5.32 Å². The number of hydrogen-bond acceptors (Lipinski definition) is 3. The van der Waals surface area contributed by atoms with Gasteiger partial charge >= 0.3 is 0 Å². The van der Waals surface area contributed by atoms with Gasteiger partial charge in [-0.05, 0) is 55.8 Å². The van der Waals surface area contributed by atoms with Crippen LogP contribution in [0.2, 0.25) is 5.02 Å². The number of benzene rings is 2. The summed E-state index contributed by atoms with van der Waals surface area (Å²) in [5.74, 6) is 1.17. The summed E-state index contributed by atoms with van der Waals surface area (Å²) in [6.07, 6.45) is 0. The number of rotatable bonds is 3. The van der Waals surface area contributed by atoms with Crippen molar-refractivity contribution in [3.63, 3.8) is 0 Å². The highest BCUT2D eigenvalue weighted by Gasteiger charge is 2.16. The predicted molar refractivity (Wildman–Crippen MR) is 108 cm³/mol. The van der Waals surface area contributed by atoms with E-state index in [0.717, 1.165) is 22.2 Å². The van der Waals surface area contributed by atoms with E-state index in [9.17, 15) is 4.79 Å². The van der Waals surface area contributed by atoms with Crippen molar-refractivity contribution in [3.05, 3.63) is 82.6 Å². The Labute approximate surface area is 161 Å². The maximum atomic E-state index is 13.0. The molecule has 0 atom stereocenters. The molecule has 2 aromatic heterocycles. The van der Waals surface area contributed by atoms with Crippen molar-refractivity contribution in [2.45, 2.75) is 13.8 Å². The average molecular weight is 377 g/mol. The molecule has 5 heteroatoms. The van der Waals surface area contributed by atoms with Crippen LogP contribution in [0.5, 0.6) is 0 Å². The third-order valence-electron chi connectivity index (χ3n) is 4.33. The molecule has 4 nitrogen and oxygen atoms in total. The van der Waals surface area contributed by atoms with E-state index in [1.807, 2.05) is 62.4 Å². The van der Waals surface area contributed by atoms with Gasteiger partial charge in [-0.1, -0.05) is 35.9 Å². The van der Waals surface area contributed by atoms with Gasteiger partial charge in [-0.15, -0.1) is 0 Å². The molecule has 0 aliphatic carbocycles. The minimum atomic E-state index is -0.246. The fourth-order valence-electron chi connectivity index (χ4n) is 2.97. The van der Waals surface area contributed by atoms with Crippen molar-refractivity contribution >= 4 is 34.1 Å². The number of amides is 1. The lowest BCUT2D eigenvalue weighted by Crippen LogP contribution is -2.13. The zero-order chi connectivity index (χ0) is 19.0. The van der Waals surface area contributed by atoms with E-state index in [0.29, 0.717) is 27.7 Å². The molecule has 0 aliphatic rings. The SMILES string of the molecule is Cc1ccc(NC(=O)c2cc(-c3ccc(C)o3)nc3ccccc23)c(Cl)c1. The monoisotopic (exact) mass is 376 g/mol.